The van der Waals surface area contributed by atoms with Gasteiger partial charge in [-0.15, -0.1) is 0 Å². The molecule has 0 amide bonds. The van der Waals surface area contributed by atoms with Gasteiger partial charge in [-0.05, 0) is 73.4 Å². The van der Waals surface area contributed by atoms with E-state index in [-0.39, 0.29) is 0 Å². The van der Waals surface area contributed by atoms with Crippen LogP contribution in [-0.4, -0.2) is 19.9 Å². The standard InChI is InChI=1S/C50H30N4/c1-3-14-39-31(10-1)20-22-33-28-37(24-26-41(33)39)49-51-45-18-7-5-16-43(45)47(53-49)35-12-9-13-36(30-35)48-44-17-6-8-19-46(44)52-50(54-48)38-25-27-42-34(29-38)23-21-32-11-2-4-15-40(32)42/h1-30H. The first-order chi connectivity index (χ1) is 26.7. The van der Waals surface area contributed by atoms with Crippen molar-refractivity contribution in [3.05, 3.63) is 182 Å². The highest BCUT2D eigenvalue weighted by molar-refractivity contribution is 6.09. The van der Waals surface area contributed by atoms with E-state index < -0.39 is 0 Å². The van der Waals surface area contributed by atoms with Crippen LogP contribution >= 0.6 is 0 Å². The Kier molecular flexibility index (Phi) is 6.82. The first-order valence-electron chi connectivity index (χ1n) is 18.2. The van der Waals surface area contributed by atoms with Crippen LogP contribution in [0.3, 0.4) is 0 Å². The molecule has 250 valence electrons. The molecule has 0 aliphatic carbocycles. The number of para-hydroxylation sites is 2. The average molecular weight is 687 g/mol. The van der Waals surface area contributed by atoms with E-state index in [9.17, 15) is 0 Å². The minimum Gasteiger partial charge on any atom is -0.228 e. The van der Waals surface area contributed by atoms with Crippen molar-refractivity contribution >= 4 is 64.9 Å². The van der Waals surface area contributed by atoms with Gasteiger partial charge in [-0.1, -0.05) is 152 Å². The van der Waals surface area contributed by atoms with Gasteiger partial charge < -0.3 is 0 Å². The summed E-state index contributed by atoms with van der Waals surface area (Å²) in [5.41, 5.74) is 7.54. The highest BCUT2D eigenvalue weighted by atomic mass is 14.9. The van der Waals surface area contributed by atoms with E-state index in [1.54, 1.807) is 0 Å². The molecule has 0 unspecified atom stereocenters. The zero-order valence-corrected chi connectivity index (χ0v) is 29.1. The summed E-state index contributed by atoms with van der Waals surface area (Å²) in [6.07, 6.45) is 0. The third-order valence-corrected chi connectivity index (χ3v) is 10.6. The molecule has 2 aromatic heterocycles. The lowest BCUT2D eigenvalue weighted by Gasteiger charge is -2.13. The first kappa shape index (κ1) is 30.3. The predicted molar refractivity (Wildman–Crippen MR) is 224 cm³/mol. The molecule has 0 N–H and O–H groups in total. The fourth-order valence-corrected chi connectivity index (χ4v) is 7.97. The summed E-state index contributed by atoms with van der Waals surface area (Å²) in [6, 6.07) is 64.0. The minimum absolute atomic E-state index is 0.697. The van der Waals surface area contributed by atoms with Crippen molar-refractivity contribution in [3.8, 4) is 45.3 Å². The van der Waals surface area contributed by atoms with E-state index in [1.165, 1.54) is 32.3 Å². The summed E-state index contributed by atoms with van der Waals surface area (Å²) in [6.45, 7) is 0. The van der Waals surface area contributed by atoms with Crippen LogP contribution in [-0.2, 0) is 0 Å². The van der Waals surface area contributed by atoms with Gasteiger partial charge in [0.15, 0.2) is 11.6 Å². The molecule has 54 heavy (non-hydrogen) atoms. The lowest BCUT2D eigenvalue weighted by molar-refractivity contribution is 1.22. The highest BCUT2D eigenvalue weighted by Crippen LogP contribution is 2.36. The maximum absolute atomic E-state index is 5.28. The van der Waals surface area contributed by atoms with E-state index in [0.29, 0.717) is 11.6 Å². The second-order valence-electron chi connectivity index (χ2n) is 13.9. The number of nitrogens with zero attached hydrogens (tertiary/aromatic N) is 4. The second kappa shape index (κ2) is 12.1. The zero-order chi connectivity index (χ0) is 35.6. The van der Waals surface area contributed by atoms with E-state index >= 15 is 0 Å². The van der Waals surface area contributed by atoms with Gasteiger partial charge in [0.1, 0.15) is 0 Å². The van der Waals surface area contributed by atoms with Gasteiger partial charge in [-0.3, -0.25) is 0 Å². The van der Waals surface area contributed by atoms with E-state index in [2.05, 4.69) is 170 Å². The van der Waals surface area contributed by atoms with Gasteiger partial charge in [0.25, 0.3) is 0 Å². The van der Waals surface area contributed by atoms with Crippen LogP contribution in [0.25, 0.3) is 110 Å². The van der Waals surface area contributed by atoms with Crippen LogP contribution < -0.4 is 0 Å². The summed E-state index contributed by atoms with van der Waals surface area (Å²) in [5.74, 6) is 1.39. The van der Waals surface area contributed by atoms with Crippen LogP contribution in [0.2, 0.25) is 0 Å². The molecule has 2 heterocycles. The summed E-state index contributed by atoms with van der Waals surface area (Å²) >= 11 is 0. The number of hydrogen-bond acceptors (Lipinski definition) is 4. The third-order valence-electron chi connectivity index (χ3n) is 10.6. The third kappa shape index (κ3) is 5.00. The number of aromatic nitrogens is 4. The lowest BCUT2D eigenvalue weighted by Crippen LogP contribution is -1.97. The van der Waals surface area contributed by atoms with Gasteiger partial charge >= 0.3 is 0 Å². The summed E-state index contributed by atoms with van der Waals surface area (Å²) in [7, 11) is 0. The molecule has 0 saturated carbocycles. The van der Waals surface area contributed by atoms with Crippen molar-refractivity contribution in [2.75, 3.05) is 0 Å². The number of fused-ring (bicyclic) bond motifs is 8. The lowest BCUT2D eigenvalue weighted by atomic mass is 9.98. The summed E-state index contributed by atoms with van der Waals surface area (Å²) < 4.78 is 0. The molecular weight excluding hydrogens is 657 g/mol. The maximum Gasteiger partial charge on any atom is 0.160 e. The Hall–Kier alpha value is -7.30. The molecule has 0 radical (unpaired) electrons. The molecule has 0 aliphatic heterocycles. The number of benzene rings is 9. The summed E-state index contributed by atoms with van der Waals surface area (Å²) in [5, 5.41) is 11.7. The van der Waals surface area contributed by atoms with Crippen molar-refractivity contribution in [2.45, 2.75) is 0 Å². The highest BCUT2D eigenvalue weighted by Gasteiger charge is 2.16. The molecule has 9 aromatic carbocycles. The first-order valence-corrected chi connectivity index (χ1v) is 18.2. The van der Waals surface area contributed by atoms with E-state index in [4.69, 9.17) is 19.9 Å². The Labute approximate surface area is 311 Å². The summed E-state index contributed by atoms with van der Waals surface area (Å²) in [4.78, 5) is 20.7. The van der Waals surface area contributed by atoms with Crippen molar-refractivity contribution in [1.29, 1.82) is 0 Å². The normalized spacial score (nSPS) is 11.7. The van der Waals surface area contributed by atoms with Gasteiger partial charge in [-0.25, -0.2) is 19.9 Å². The predicted octanol–water partition coefficient (Wildman–Crippen LogP) is 12.9. The SMILES string of the molecule is c1cc(-c2nc(-c3ccc4c(ccc5ccccc54)c3)nc3ccccc23)cc(-c2nc(-c3ccc4c(ccc5ccccc54)c3)nc3ccccc23)c1. The van der Waals surface area contributed by atoms with Crippen molar-refractivity contribution < 1.29 is 0 Å². The Morgan fingerprint density at radius 2 is 0.648 bits per heavy atom. The maximum atomic E-state index is 5.28. The van der Waals surface area contributed by atoms with Crippen LogP contribution in [0.15, 0.2) is 182 Å². The molecule has 4 nitrogen and oxygen atoms in total. The smallest absolute Gasteiger partial charge is 0.160 e. The largest absolute Gasteiger partial charge is 0.228 e. The van der Waals surface area contributed by atoms with Crippen molar-refractivity contribution in [1.82, 2.24) is 19.9 Å². The second-order valence-corrected chi connectivity index (χ2v) is 13.9. The molecule has 0 fully saturated rings. The topological polar surface area (TPSA) is 51.6 Å². The van der Waals surface area contributed by atoms with Gasteiger partial charge in [0.05, 0.1) is 22.4 Å². The molecule has 4 heteroatoms. The van der Waals surface area contributed by atoms with Crippen molar-refractivity contribution in [3.63, 3.8) is 0 Å². The van der Waals surface area contributed by atoms with Gasteiger partial charge in [0.2, 0.25) is 0 Å². The minimum atomic E-state index is 0.697. The van der Waals surface area contributed by atoms with Gasteiger partial charge in [-0.2, -0.15) is 0 Å². The van der Waals surface area contributed by atoms with Crippen LogP contribution in [0.4, 0.5) is 0 Å². The van der Waals surface area contributed by atoms with E-state index in [1.807, 2.05) is 12.1 Å². The monoisotopic (exact) mass is 686 g/mol. The van der Waals surface area contributed by atoms with Crippen LogP contribution in [0, 0.1) is 0 Å². The Bertz CT molecular complexity index is 3080. The molecule has 0 aliphatic rings. The molecule has 11 rings (SSSR count). The molecular formula is C50H30N4. The van der Waals surface area contributed by atoms with Gasteiger partial charge in [0, 0.05) is 33.0 Å². The number of rotatable bonds is 4. The quantitative estimate of drug-likeness (QED) is 0.173. The van der Waals surface area contributed by atoms with Crippen LogP contribution in [0.5, 0.6) is 0 Å². The Morgan fingerprint density at radius 1 is 0.241 bits per heavy atom. The van der Waals surface area contributed by atoms with Crippen LogP contribution in [0.1, 0.15) is 0 Å². The molecule has 0 atom stereocenters. The fourth-order valence-electron chi connectivity index (χ4n) is 7.97. The van der Waals surface area contributed by atoms with Crippen molar-refractivity contribution in [2.24, 2.45) is 0 Å². The molecule has 0 saturated heterocycles. The average Bonchev–Trinajstić information content (AvgIpc) is 3.25. The Balaban J connectivity index is 1.05. The van der Waals surface area contributed by atoms with E-state index in [0.717, 1.165) is 66.2 Å². The molecule has 11 aromatic rings. The number of hydrogen-bond donors (Lipinski definition) is 0. The molecule has 0 spiro atoms. The Morgan fingerprint density at radius 3 is 1.15 bits per heavy atom. The molecule has 0 bridgehead atoms. The zero-order valence-electron chi connectivity index (χ0n) is 29.1. The fraction of sp³-hybridized carbons (Fsp3) is 0.